The molecular weight excluding hydrogens is 540 g/mol. The maximum atomic E-state index is 13.3. The van der Waals surface area contributed by atoms with E-state index >= 15 is 0 Å². The van der Waals surface area contributed by atoms with Crippen molar-refractivity contribution in [3.63, 3.8) is 0 Å². The second-order valence-corrected chi connectivity index (χ2v) is 11.5. The lowest BCUT2D eigenvalue weighted by Gasteiger charge is -2.07. The molecule has 1 fully saturated rings. The van der Waals surface area contributed by atoms with Gasteiger partial charge in [-0.1, -0.05) is 28.1 Å². The summed E-state index contributed by atoms with van der Waals surface area (Å²) >= 11 is 4.95. The number of rotatable bonds is 8. The summed E-state index contributed by atoms with van der Waals surface area (Å²) in [6, 6.07) is 10.0. The normalized spacial score (nSPS) is 17.4. The second kappa shape index (κ2) is 10.5. The van der Waals surface area contributed by atoms with Gasteiger partial charge in [-0.05, 0) is 67.9 Å². The summed E-state index contributed by atoms with van der Waals surface area (Å²) in [7, 11) is -3.97. The van der Waals surface area contributed by atoms with Crippen molar-refractivity contribution in [1.82, 2.24) is 9.97 Å². The maximum absolute atomic E-state index is 13.3. The molecule has 0 unspecified atom stereocenters. The molecule has 0 amide bonds. The summed E-state index contributed by atoms with van der Waals surface area (Å²) in [6.45, 7) is 2.03. The molecular formula is C23H23BrN4O4S2. The first-order valence-corrected chi connectivity index (χ1v) is 13.7. The Morgan fingerprint density at radius 1 is 1.35 bits per heavy atom. The van der Waals surface area contributed by atoms with Gasteiger partial charge in [0, 0.05) is 21.3 Å². The Morgan fingerprint density at radius 2 is 2.18 bits per heavy atom. The quantitative estimate of drug-likeness (QED) is 0.402. The number of nitrogens with zero attached hydrogens (tertiary/aromatic N) is 3. The van der Waals surface area contributed by atoms with Gasteiger partial charge in [0.05, 0.1) is 17.0 Å². The summed E-state index contributed by atoms with van der Waals surface area (Å²) < 4.78 is 27.8. The van der Waals surface area contributed by atoms with E-state index in [9.17, 15) is 13.2 Å². The van der Waals surface area contributed by atoms with E-state index < -0.39 is 10.3 Å². The standard InChI is InChI=1S/C23H23BrN4O4S2/c1-14-17(7-15-3-2-4-18(24)8-15)10-21(33-14)22(29)20-11-26-13-27-23(20)28-19-6-5-16(9-19)12-32-34(25,30)31/h2-4,8,10-11,13,16H,5-7,9,12H2,1H3,(H2,25,30,31)/t16-/m1/s1. The predicted octanol–water partition coefficient (Wildman–Crippen LogP) is 4.52. The molecule has 0 spiro atoms. The first kappa shape index (κ1) is 24.8. The fourth-order valence-electron chi connectivity index (χ4n) is 3.87. The molecule has 0 radical (unpaired) electrons. The Kier molecular flexibility index (Phi) is 7.68. The lowest BCUT2D eigenvalue weighted by molar-refractivity contribution is 0.104. The van der Waals surface area contributed by atoms with Gasteiger partial charge in [0.2, 0.25) is 5.78 Å². The van der Waals surface area contributed by atoms with E-state index in [1.54, 1.807) is 0 Å². The molecule has 178 valence electrons. The Labute approximate surface area is 210 Å². The zero-order valence-corrected chi connectivity index (χ0v) is 21.6. The van der Waals surface area contributed by atoms with Gasteiger partial charge in [0.25, 0.3) is 0 Å². The number of carbonyl (C=O) groups excluding carboxylic acids is 1. The largest absolute Gasteiger partial charge is 0.333 e. The summed E-state index contributed by atoms with van der Waals surface area (Å²) in [6.07, 6.45) is 5.55. The zero-order chi connectivity index (χ0) is 24.3. The van der Waals surface area contributed by atoms with Crippen LogP contribution >= 0.6 is 27.3 Å². The fraction of sp³-hybridized carbons (Fsp3) is 0.304. The van der Waals surface area contributed by atoms with Crippen LogP contribution in [0.3, 0.4) is 0 Å². The predicted molar refractivity (Wildman–Crippen MR) is 135 cm³/mol. The van der Waals surface area contributed by atoms with Crippen molar-refractivity contribution in [2.45, 2.75) is 32.6 Å². The van der Waals surface area contributed by atoms with Gasteiger partial charge < -0.3 is 0 Å². The number of hydrogen-bond acceptors (Lipinski definition) is 8. The van der Waals surface area contributed by atoms with Gasteiger partial charge in [-0.15, -0.1) is 11.3 Å². The zero-order valence-electron chi connectivity index (χ0n) is 18.4. The molecule has 0 bridgehead atoms. The molecule has 1 aliphatic rings. The number of aryl methyl sites for hydroxylation is 1. The number of nitrogens with two attached hydrogens (primary N) is 1. The van der Waals surface area contributed by atoms with Gasteiger partial charge in [-0.3, -0.25) is 8.98 Å². The monoisotopic (exact) mass is 562 g/mol. The van der Waals surface area contributed by atoms with Crippen LogP contribution < -0.4 is 5.14 Å². The van der Waals surface area contributed by atoms with Gasteiger partial charge in [0.1, 0.15) is 6.33 Å². The summed E-state index contributed by atoms with van der Waals surface area (Å²) in [5, 5.41) is 4.91. The minimum absolute atomic E-state index is 0.00130. The molecule has 1 aliphatic carbocycles. The summed E-state index contributed by atoms with van der Waals surface area (Å²) in [4.78, 5) is 27.9. The summed E-state index contributed by atoms with van der Waals surface area (Å²) in [5.74, 6) is 0.154. The fourth-order valence-corrected chi connectivity index (χ4v) is 5.70. The Bertz CT molecular complexity index is 1350. The topological polar surface area (TPSA) is 125 Å². The van der Waals surface area contributed by atoms with Crippen molar-refractivity contribution in [2.24, 2.45) is 16.0 Å². The Morgan fingerprint density at radius 3 is 2.94 bits per heavy atom. The van der Waals surface area contributed by atoms with Gasteiger partial charge in [-0.25, -0.2) is 20.1 Å². The van der Waals surface area contributed by atoms with Crippen molar-refractivity contribution < 1.29 is 17.4 Å². The van der Waals surface area contributed by atoms with Crippen molar-refractivity contribution in [1.29, 1.82) is 0 Å². The van der Waals surface area contributed by atoms with E-state index in [4.69, 9.17) is 9.32 Å². The molecule has 1 aromatic carbocycles. The number of ketones is 1. The smallest absolute Gasteiger partial charge is 0.287 e. The first-order valence-electron chi connectivity index (χ1n) is 10.6. The molecule has 3 aromatic rings. The Balaban J connectivity index is 1.52. The van der Waals surface area contributed by atoms with Crippen molar-refractivity contribution in [3.05, 3.63) is 73.8 Å². The first-order chi connectivity index (χ1) is 16.2. The molecule has 2 aromatic heterocycles. The van der Waals surface area contributed by atoms with Crippen LogP contribution in [0.2, 0.25) is 0 Å². The van der Waals surface area contributed by atoms with Gasteiger partial charge in [0.15, 0.2) is 5.82 Å². The van der Waals surface area contributed by atoms with Crippen LogP contribution in [0.15, 0.2) is 52.3 Å². The van der Waals surface area contributed by atoms with Crippen LogP contribution in [0.25, 0.3) is 0 Å². The number of carbonyl (C=O) groups is 1. The molecule has 11 heteroatoms. The third kappa shape index (κ3) is 6.42. The summed E-state index contributed by atoms with van der Waals surface area (Å²) in [5.41, 5.74) is 3.44. The molecule has 2 heterocycles. The van der Waals surface area contributed by atoms with E-state index in [1.165, 1.54) is 23.9 Å². The van der Waals surface area contributed by atoms with Crippen LogP contribution in [0.5, 0.6) is 0 Å². The van der Waals surface area contributed by atoms with E-state index in [0.717, 1.165) is 39.0 Å². The second-order valence-electron chi connectivity index (χ2n) is 8.15. The molecule has 4 rings (SSSR count). The molecule has 8 nitrogen and oxygen atoms in total. The van der Waals surface area contributed by atoms with Crippen molar-refractivity contribution in [3.8, 4) is 0 Å². The van der Waals surface area contributed by atoms with E-state index in [0.29, 0.717) is 29.1 Å². The maximum Gasteiger partial charge on any atom is 0.333 e. The number of benzene rings is 1. The van der Waals surface area contributed by atoms with Crippen molar-refractivity contribution in [2.75, 3.05) is 6.61 Å². The molecule has 1 saturated carbocycles. The van der Waals surface area contributed by atoms with Crippen LogP contribution in [-0.4, -0.2) is 36.5 Å². The highest BCUT2D eigenvalue weighted by molar-refractivity contribution is 9.10. The molecule has 34 heavy (non-hydrogen) atoms. The number of halogens is 1. The number of aliphatic imine (C=N–C) groups is 1. The lowest BCUT2D eigenvalue weighted by Crippen LogP contribution is -2.19. The highest BCUT2D eigenvalue weighted by atomic mass is 79.9. The van der Waals surface area contributed by atoms with Gasteiger partial charge >= 0.3 is 10.3 Å². The van der Waals surface area contributed by atoms with E-state index in [1.807, 2.05) is 25.1 Å². The van der Waals surface area contributed by atoms with Crippen molar-refractivity contribution >= 4 is 54.9 Å². The average molecular weight is 563 g/mol. The van der Waals surface area contributed by atoms with Crippen LogP contribution in [-0.2, 0) is 20.9 Å². The highest BCUT2D eigenvalue weighted by Gasteiger charge is 2.24. The third-order valence-electron chi connectivity index (χ3n) is 5.56. The lowest BCUT2D eigenvalue weighted by atomic mass is 10.0. The molecule has 1 atom stereocenters. The number of hydrogen-bond donors (Lipinski definition) is 1. The Hall–Kier alpha value is -2.31. The average Bonchev–Trinajstić information content (AvgIpc) is 3.38. The minimum atomic E-state index is -3.97. The molecule has 0 saturated heterocycles. The third-order valence-corrected chi connectivity index (χ3v) is 7.61. The SMILES string of the molecule is Cc1sc(C(=O)c2cncnc2N=C2CC[C@@H](COS(N)(=O)=O)C2)cc1Cc1cccc(Br)c1. The van der Waals surface area contributed by atoms with E-state index in [2.05, 4.69) is 43.0 Å². The number of aromatic nitrogens is 2. The number of thiophene rings is 1. The molecule has 0 aliphatic heterocycles. The van der Waals surface area contributed by atoms with Crippen LogP contribution in [0, 0.1) is 12.8 Å². The van der Waals surface area contributed by atoms with E-state index in [-0.39, 0.29) is 18.3 Å². The van der Waals surface area contributed by atoms with Crippen LogP contribution in [0.1, 0.15) is 50.5 Å². The van der Waals surface area contributed by atoms with Gasteiger partial charge in [-0.2, -0.15) is 8.42 Å². The minimum Gasteiger partial charge on any atom is -0.287 e. The van der Waals surface area contributed by atoms with Crippen LogP contribution in [0.4, 0.5) is 5.82 Å². The highest BCUT2D eigenvalue weighted by Crippen LogP contribution is 2.30. The molecule has 2 N–H and O–H groups in total.